The summed E-state index contributed by atoms with van der Waals surface area (Å²) in [7, 11) is 2.02. The van der Waals surface area contributed by atoms with Crippen molar-refractivity contribution in [3.8, 4) is 0 Å². The number of aryl methyl sites for hydroxylation is 1. The van der Waals surface area contributed by atoms with Crippen LogP contribution >= 0.6 is 0 Å². The summed E-state index contributed by atoms with van der Waals surface area (Å²) in [5.74, 6) is 0.935. The summed E-state index contributed by atoms with van der Waals surface area (Å²) >= 11 is 0. The van der Waals surface area contributed by atoms with E-state index in [1.807, 2.05) is 38.4 Å². The number of nitrogens with zero attached hydrogens (tertiary/aromatic N) is 2. The normalized spacial score (nSPS) is 10.5. The first-order valence-electron chi connectivity index (χ1n) is 5.60. The number of hydrogen-bond donors (Lipinski definition) is 1. The minimum absolute atomic E-state index is 0.491. The van der Waals surface area contributed by atoms with Crippen LogP contribution in [0.2, 0.25) is 0 Å². The Labute approximate surface area is 101 Å². The molecule has 2 N–H and O–H groups in total. The molecule has 0 aliphatic rings. The quantitative estimate of drug-likeness (QED) is 0.875. The van der Waals surface area contributed by atoms with Crippen molar-refractivity contribution in [2.24, 2.45) is 5.73 Å². The van der Waals surface area contributed by atoms with Gasteiger partial charge in [0, 0.05) is 36.7 Å². The van der Waals surface area contributed by atoms with E-state index >= 15 is 0 Å². The molecule has 2 heterocycles. The van der Waals surface area contributed by atoms with E-state index in [2.05, 4.69) is 9.88 Å². The van der Waals surface area contributed by atoms with Gasteiger partial charge >= 0.3 is 0 Å². The van der Waals surface area contributed by atoms with Gasteiger partial charge in [0.15, 0.2) is 0 Å². The van der Waals surface area contributed by atoms with Crippen molar-refractivity contribution < 1.29 is 4.42 Å². The molecule has 17 heavy (non-hydrogen) atoms. The fourth-order valence-electron chi connectivity index (χ4n) is 1.81. The van der Waals surface area contributed by atoms with E-state index in [9.17, 15) is 0 Å². The third-order valence-electron chi connectivity index (χ3n) is 2.70. The zero-order chi connectivity index (χ0) is 12.3. The van der Waals surface area contributed by atoms with Crippen LogP contribution in [0.1, 0.15) is 17.0 Å². The largest absolute Gasteiger partial charge is 0.467 e. The second-order valence-corrected chi connectivity index (χ2v) is 4.09. The zero-order valence-corrected chi connectivity index (χ0v) is 10.2. The molecule has 2 rings (SSSR count). The zero-order valence-electron chi connectivity index (χ0n) is 10.2. The van der Waals surface area contributed by atoms with Crippen LogP contribution in [0.15, 0.2) is 35.1 Å². The van der Waals surface area contributed by atoms with E-state index < -0.39 is 0 Å². The van der Waals surface area contributed by atoms with E-state index in [1.165, 1.54) is 0 Å². The molecule has 0 fully saturated rings. The smallest absolute Gasteiger partial charge is 0.123 e. The summed E-state index contributed by atoms with van der Waals surface area (Å²) in [5.41, 5.74) is 8.86. The van der Waals surface area contributed by atoms with E-state index in [0.29, 0.717) is 6.54 Å². The monoisotopic (exact) mass is 231 g/mol. The van der Waals surface area contributed by atoms with Crippen LogP contribution in [0.25, 0.3) is 0 Å². The fourth-order valence-corrected chi connectivity index (χ4v) is 1.81. The Balaban J connectivity index is 2.23. The fraction of sp³-hybridized carbons (Fsp3) is 0.308. The Morgan fingerprint density at radius 2 is 2.29 bits per heavy atom. The van der Waals surface area contributed by atoms with E-state index in [0.717, 1.165) is 29.2 Å². The topological polar surface area (TPSA) is 55.3 Å². The van der Waals surface area contributed by atoms with E-state index in [1.54, 1.807) is 6.26 Å². The molecule has 0 saturated carbocycles. The van der Waals surface area contributed by atoms with Gasteiger partial charge in [-0.3, -0.25) is 4.98 Å². The molecule has 0 bridgehead atoms. The number of furan rings is 1. The Bertz CT molecular complexity index is 479. The molecule has 2 aromatic rings. The Kier molecular flexibility index (Phi) is 3.44. The second-order valence-electron chi connectivity index (χ2n) is 4.09. The van der Waals surface area contributed by atoms with Gasteiger partial charge in [-0.05, 0) is 25.1 Å². The molecular formula is C13H17N3O. The van der Waals surface area contributed by atoms with Crippen molar-refractivity contribution in [1.82, 2.24) is 4.98 Å². The van der Waals surface area contributed by atoms with Crippen molar-refractivity contribution in [2.75, 3.05) is 11.9 Å². The first-order chi connectivity index (χ1) is 8.20. The minimum Gasteiger partial charge on any atom is -0.467 e. The Morgan fingerprint density at radius 3 is 2.94 bits per heavy atom. The van der Waals surface area contributed by atoms with Gasteiger partial charge in [-0.15, -0.1) is 0 Å². The molecule has 0 radical (unpaired) electrons. The molecular weight excluding hydrogens is 214 g/mol. The average Bonchev–Trinajstić information content (AvgIpc) is 2.81. The average molecular weight is 231 g/mol. The van der Waals surface area contributed by atoms with Crippen molar-refractivity contribution in [2.45, 2.75) is 20.0 Å². The third kappa shape index (κ3) is 2.65. The molecule has 2 aromatic heterocycles. The number of pyridine rings is 1. The molecule has 0 aliphatic heterocycles. The second kappa shape index (κ2) is 5.01. The number of aromatic nitrogens is 1. The number of hydrogen-bond acceptors (Lipinski definition) is 4. The first-order valence-corrected chi connectivity index (χ1v) is 5.60. The van der Waals surface area contributed by atoms with Crippen LogP contribution in [-0.4, -0.2) is 12.0 Å². The predicted octanol–water partition coefficient (Wildman–Crippen LogP) is 2.08. The van der Waals surface area contributed by atoms with Gasteiger partial charge in [0.05, 0.1) is 12.8 Å². The maximum Gasteiger partial charge on any atom is 0.123 e. The van der Waals surface area contributed by atoms with Gasteiger partial charge in [0.25, 0.3) is 0 Å². The summed E-state index contributed by atoms with van der Waals surface area (Å²) < 4.78 is 5.34. The summed E-state index contributed by atoms with van der Waals surface area (Å²) in [4.78, 5) is 6.38. The highest BCUT2D eigenvalue weighted by molar-refractivity contribution is 5.53. The van der Waals surface area contributed by atoms with E-state index in [4.69, 9.17) is 10.2 Å². The lowest BCUT2D eigenvalue weighted by Crippen LogP contribution is -2.19. The van der Waals surface area contributed by atoms with Crippen molar-refractivity contribution in [3.05, 3.63) is 47.7 Å². The van der Waals surface area contributed by atoms with Crippen molar-refractivity contribution >= 4 is 5.69 Å². The molecule has 0 unspecified atom stereocenters. The van der Waals surface area contributed by atoms with Crippen molar-refractivity contribution in [1.29, 1.82) is 0 Å². The lowest BCUT2D eigenvalue weighted by atomic mass is 10.2. The van der Waals surface area contributed by atoms with Crippen LogP contribution in [0.3, 0.4) is 0 Å². The standard InChI is InChI=1S/C13H17N3O/c1-10-6-13(11(7-14)8-15-10)16(2)9-12-4-3-5-17-12/h3-6,8H,7,9,14H2,1-2H3. The lowest BCUT2D eigenvalue weighted by Gasteiger charge is -2.21. The summed E-state index contributed by atoms with van der Waals surface area (Å²) in [5, 5.41) is 0. The first kappa shape index (κ1) is 11.7. The molecule has 0 spiro atoms. The number of rotatable bonds is 4. The highest BCUT2D eigenvalue weighted by Crippen LogP contribution is 2.21. The van der Waals surface area contributed by atoms with Gasteiger partial charge < -0.3 is 15.1 Å². The van der Waals surface area contributed by atoms with Crippen LogP contribution in [0.4, 0.5) is 5.69 Å². The van der Waals surface area contributed by atoms with Crippen LogP contribution < -0.4 is 10.6 Å². The van der Waals surface area contributed by atoms with Gasteiger partial charge in [-0.1, -0.05) is 0 Å². The van der Waals surface area contributed by atoms with Gasteiger partial charge in [-0.25, -0.2) is 0 Å². The molecule has 4 nitrogen and oxygen atoms in total. The third-order valence-corrected chi connectivity index (χ3v) is 2.70. The SMILES string of the molecule is Cc1cc(N(C)Cc2ccco2)c(CN)cn1. The predicted molar refractivity (Wildman–Crippen MR) is 67.7 cm³/mol. The van der Waals surface area contributed by atoms with E-state index in [-0.39, 0.29) is 0 Å². The molecule has 0 saturated heterocycles. The molecule has 4 heteroatoms. The number of nitrogens with two attached hydrogens (primary N) is 1. The highest BCUT2D eigenvalue weighted by Gasteiger charge is 2.09. The number of anilines is 1. The summed E-state index contributed by atoms with van der Waals surface area (Å²) in [6.07, 6.45) is 3.52. The molecule has 90 valence electrons. The van der Waals surface area contributed by atoms with Gasteiger partial charge in [0.2, 0.25) is 0 Å². The van der Waals surface area contributed by atoms with Gasteiger partial charge in [0.1, 0.15) is 5.76 Å². The molecule has 0 amide bonds. The minimum atomic E-state index is 0.491. The maximum absolute atomic E-state index is 5.72. The van der Waals surface area contributed by atoms with Crippen LogP contribution in [-0.2, 0) is 13.1 Å². The molecule has 0 atom stereocenters. The lowest BCUT2D eigenvalue weighted by molar-refractivity contribution is 0.507. The molecule has 0 aliphatic carbocycles. The van der Waals surface area contributed by atoms with Gasteiger partial charge in [-0.2, -0.15) is 0 Å². The Hall–Kier alpha value is -1.81. The summed E-state index contributed by atoms with van der Waals surface area (Å²) in [6.45, 7) is 3.19. The summed E-state index contributed by atoms with van der Waals surface area (Å²) in [6, 6.07) is 5.91. The van der Waals surface area contributed by atoms with Crippen LogP contribution in [0, 0.1) is 6.92 Å². The van der Waals surface area contributed by atoms with Crippen LogP contribution in [0.5, 0.6) is 0 Å². The van der Waals surface area contributed by atoms with Crippen molar-refractivity contribution in [3.63, 3.8) is 0 Å². The Morgan fingerprint density at radius 1 is 1.47 bits per heavy atom. The molecule has 0 aromatic carbocycles. The maximum atomic E-state index is 5.72. The highest BCUT2D eigenvalue weighted by atomic mass is 16.3.